The fraction of sp³-hybridized carbons (Fsp3) is 0.235. The van der Waals surface area contributed by atoms with Gasteiger partial charge in [-0.15, -0.1) is 0 Å². The third kappa shape index (κ3) is 2.98. The summed E-state index contributed by atoms with van der Waals surface area (Å²) in [5, 5.41) is 7.79. The number of aryl methyl sites for hydroxylation is 2. The van der Waals surface area contributed by atoms with Gasteiger partial charge in [0.25, 0.3) is 0 Å². The van der Waals surface area contributed by atoms with E-state index in [1.54, 1.807) is 18.5 Å². The quantitative estimate of drug-likeness (QED) is 0.800. The lowest BCUT2D eigenvalue weighted by Gasteiger charge is -2.14. The predicted molar refractivity (Wildman–Crippen MR) is 87.1 cm³/mol. The fourth-order valence-corrected chi connectivity index (χ4v) is 2.45. The summed E-state index contributed by atoms with van der Waals surface area (Å²) in [6, 6.07) is 12.4. The van der Waals surface area contributed by atoms with Gasteiger partial charge in [0, 0.05) is 18.1 Å². The molecule has 2 aromatic heterocycles. The molecule has 0 spiro atoms. The Kier molecular flexibility index (Phi) is 3.87. The number of rotatable bonds is 4. The molecule has 0 saturated carbocycles. The smallest absolute Gasteiger partial charge is 0.223 e. The van der Waals surface area contributed by atoms with Crippen LogP contribution in [0.5, 0.6) is 0 Å². The van der Waals surface area contributed by atoms with Crippen LogP contribution in [0.25, 0.3) is 5.69 Å². The van der Waals surface area contributed by atoms with Crippen molar-refractivity contribution in [2.24, 2.45) is 0 Å². The zero-order valence-corrected chi connectivity index (χ0v) is 13.0. The second-order valence-electron chi connectivity index (χ2n) is 5.37. The van der Waals surface area contributed by atoms with Crippen molar-refractivity contribution >= 4 is 5.95 Å². The van der Waals surface area contributed by atoms with Gasteiger partial charge in [0.15, 0.2) is 0 Å². The van der Waals surface area contributed by atoms with E-state index in [9.17, 15) is 0 Å². The first-order chi connectivity index (χ1) is 10.6. The zero-order chi connectivity index (χ0) is 15.5. The molecule has 1 atom stereocenters. The number of nitrogens with one attached hydrogen (secondary N) is 1. The molecule has 0 saturated heterocycles. The van der Waals surface area contributed by atoms with Crippen LogP contribution in [0.3, 0.4) is 0 Å². The van der Waals surface area contributed by atoms with Gasteiger partial charge in [-0.05, 0) is 50.6 Å². The summed E-state index contributed by atoms with van der Waals surface area (Å²) >= 11 is 0. The van der Waals surface area contributed by atoms with Crippen LogP contribution in [0.15, 0.2) is 48.8 Å². The van der Waals surface area contributed by atoms with Crippen LogP contribution >= 0.6 is 0 Å². The summed E-state index contributed by atoms with van der Waals surface area (Å²) in [7, 11) is 0. The molecular weight excluding hydrogens is 274 g/mol. The van der Waals surface area contributed by atoms with Gasteiger partial charge in [0.1, 0.15) is 0 Å². The number of aromatic nitrogens is 4. The van der Waals surface area contributed by atoms with Gasteiger partial charge in [0.2, 0.25) is 5.95 Å². The Morgan fingerprint density at radius 3 is 2.32 bits per heavy atom. The molecular formula is C17H19N5. The zero-order valence-electron chi connectivity index (χ0n) is 13.0. The van der Waals surface area contributed by atoms with E-state index in [0.717, 1.165) is 17.1 Å². The molecule has 112 valence electrons. The molecule has 0 aliphatic carbocycles. The Balaban J connectivity index is 1.78. The highest BCUT2D eigenvalue weighted by Crippen LogP contribution is 2.19. The van der Waals surface area contributed by atoms with E-state index in [-0.39, 0.29) is 6.04 Å². The summed E-state index contributed by atoms with van der Waals surface area (Å²) in [4.78, 5) is 8.37. The second-order valence-corrected chi connectivity index (χ2v) is 5.37. The van der Waals surface area contributed by atoms with E-state index < -0.39 is 0 Å². The van der Waals surface area contributed by atoms with Crippen molar-refractivity contribution < 1.29 is 0 Å². The molecule has 0 amide bonds. The predicted octanol–water partition coefficient (Wildman–Crippen LogP) is 3.45. The lowest BCUT2D eigenvalue weighted by atomic mass is 10.1. The Labute approximate surface area is 130 Å². The number of anilines is 1. The molecule has 3 aromatic rings. The molecule has 0 aliphatic rings. The summed E-state index contributed by atoms with van der Waals surface area (Å²) < 4.78 is 1.96. The van der Waals surface area contributed by atoms with Gasteiger partial charge in [0.05, 0.1) is 17.4 Å². The molecule has 5 nitrogen and oxygen atoms in total. The molecule has 3 rings (SSSR count). The van der Waals surface area contributed by atoms with E-state index in [1.807, 2.05) is 11.6 Å². The Bertz CT molecular complexity index is 746. The van der Waals surface area contributed by atoms with E-state index in [4.69, 9.17) is 0 Å². The van der Waals surface area contributed by atoms with Gasteiger partial charge in [-0.2, -0.15) is 5.10 Å². The first-order valence-corrected chi connectivity index (χ1v) is 7.30. The molecule has 5 heteroatoms. The summed E-state index contributed by atoms with van der Waals surface area (Å²) in [6.45, 7) is 6.16. The molecule has 0 bridgehead atoms. The van der Waals surface area contributed by atoms with Crippen LogP contribution in [-0.2, 0) is 0 Å². The van der Waals surface area contributed by atoms with Crippen molar-refractivity contribution in [2.75, 3.05) is 5.32 Å². The standard InChI is InChI=1S/C17H19N5/c1-12-11-13(2)22(21-12)16-7-5-15(6-8-16)14(3)20-17-18-9-4-10-19-17/h4-11,14H,1-3H3,(H,18,19,20)/t14-/m0/s1. The number of hydrogen-bond acceptors (Lipinski definition) is 4. The maximum atomic E-state index is 4.50. The maximum absolute atomic E-state index is 4.50. The third-order valence-electron chi connectivity index (χ3n) is 3.56. The van der Waals surface area contributed by atoms with Crippen molar-refractivity contribution in [3.05, 3.63) is 65.7 Å². The van der Waals surface area contributed by atoms with Crippen molar-refractivity contribution in [2.45, 2.75) is 26.8 Å². The molecule has 0 aliphatic heterocycles. The van der Waals surface area contributed by atoms with Gasteiger partial charge in [-0.3, -0.25) is 0 Å². The largest absolute Gasteiger partial charge is 0.348 e. The van der Waals surface area contributed by atoms with Crippen LogP contribution in [-0.4, -0.2) is 19.7 Å². The molecule has 0 unspecified atom stereocenters. The van der Waals surface area contributed by atoms with Crippen LogP contribution in [0.1, 0.15) is 29.9 Å². The van der Waals surface area contributed by atoms with Crippen molar-refractivity contribution in [3.8, 4) is 5.69 Å². The first-order valence-electron chi connectivity index (χ1n) is 7.30. The van der Waals surface area contributed by atoms with E-state index in [1.165, 1.54) is 5.56 Å². The van der Waals surface area contributed by atoms with Crippen molar-refractivity contribution in [1.82, 2.24) is 19.7 Å². The number of hydrogen-bond donors (Lipinski definition) is 1. The molecule has 0 fully saturated rings. The third-order valence-corrected chi connectivity index (χ3v) is 3.56. The molecule has 0 radical (unpaired) electrons. The minimum Gasteiger partial charge on any atom is -0.348 e. The Morgan fingerprint density at radius 1 is 1.05 bits per heavy atom. The Morgan fingerprint density at radius 2 is 1.73 bits per heavy atom. The number of nitrogens with zero attached hydrogens (tertiary/aromatic N) is 4. The van der Waals surface area contributed by atoms with Crippen LogP contribution in [0, 0.1) is 13.8 Å². The van der Waals surface area contributed by atoms with E-state index in [0.29, 0.717) is 5.95 Å². The molecule has 22 heavy (non-hydrogen) atoms. The molecule has 1 N–H and O–H groups in total. The number of benzene rings is 1. The van der Waals surface area contributed by atoms with Gasteiger partial charge < -0.3 is 5.32 Å². The Hall–Kier alpha value is -2.69. The maximum Gasteiger partial charge on any atom is 0.223 e. The highest BCUT2D eigenvalue weighted by molar-refractivity contribution is 5.39. The second kappa shape index (κ2) is 5.97. The average Bonchev–Trinajstić information content (AvgIpc) is 2.87. The van der Waals surface area contributed by atoms with Gasteiger partial charge >= 0.3 is 0 Å². The minimum atomic E-state index is 0.136. The lowest BCUT2D eigenvalue weighted by molar-refractivity contribution is 0.826. The van der Waals surface area contributed by atoms with Crippen molar-refractivity contribution in [3.63, 3.8) is 0 Å². The van der Waals surface area contributed by atoms with Crippen LogP contribution < -0.4 is 5.32 Å². The fourth-order valence-electron chi connectivity index (χ4n) is 2.45. The summed E-state index contributed by atoms with van der Waals surface area (Å²) in [5.41, 5.74) is 4.40. The topological polar surface area (TPSA) is 55.6 Å². The van der Waals surface area contributed by atoms with Crippen LogP contribution in [0.2, 0.25) is 0 Å². The minimum absolute atomic E-state index is 0.136. The summed E-state index contributed by atoms with van der Waals surface area (Å²) in [5.74, 6) is 0.637. The normalized spacial score (nSPS) is 12.1. The highest BCUT2D eigenvalue weighted by atomic mass is 15.3. The lowest BCUT2D eigenvalue weighted by Crippen LogP contribution is -2.09. The first kappa shape index (κ1) is 14.3. The van der Waals surface area contributed by atoms with E-state index >= 15 is 0 Å². The molecule has 2 heterocycles. The molecule has 1 aromatic carbocycles. The van der Waals surface area contributed by atoms with E-state index in [2.05, 4.69) is 64.6 Å². The average molecular weight is 293 g/mol. The summed E-state index contributed by atoms with van der Waals surface area (Å²) in [6.07, 6.45) is 3.46. The highest BCUT2D eigenvalue weighted by Gasteiger charge is 2.08. The van der Waals surface area contributed by atoms with Gasteiger partial charge in [-0.1, -0.05) is 12.1 Å². The SMILES string of the molecule is Cc1cc(C)n(-c2ccc([C@H](C)Nc3ncccn3)cc2)n1. The van der Waals surface area contributed by atoms with Crippen LogP contribution in [0.4, 0.5) is 5.95 Å². The monoisotopic (exact) mass is 293 g/mol. The van der Waals surface area contributed by atoms with Gasteiger partial charge in [-0.25, -0.2) is 14.6 Å². The van der Waals surface area contributed by atoms with Crippen molar-refractivity contribution in [1.29, 1.82) is 0 Å².